The maximum atomic E-state index is 9.18. The van der Waals surface area contributed by atoms with Crippen molar-refractivity contribution in [3.63, 3.8) is 0 Å². The molecule has 1 aliphatic rings. The first kappa shape index (κ1) is 12.0. The molecule has 0 spiro atoms. The van der Waals surface area contributed by atoms with Crippen LogP contribution in [0.15, 0.2) is 29.2 Å². The van der Waals surface area contributed by atoms with Crippen LogP contribution in [0.4, 0.5) is 0 Å². The predicted octanol–water partition coefficient (Wildman–Crippen LogP) is 2.27. The molecule has 1 aliphatic carbocycles. The van der Waals surface area contributed by atoms with Crippen molar-refractivity contribution in [1.29, 1.82) is 0 Å². The summed E-state index contributed by atoms with van der Waals surface area (Å²) in [7, 11) is 0. The van der Waals surface area contributed by atoms with Crippen LogP contribution in [0.2, 0.25) is 0 Å². The van der Waals surface area contributed by atoms with Gasteiger partial charge in [0.25, 0.3) is 0 Å². The molecule has 88 valence electrons. The lowest BCUT2D eigenvalue weighted by atomic mass is 10.1. The third-order valence-electron chi connectivity index (χ3n) is 3.28. The fourth-order valence-corrected chi connectivity index (χ4v) is 2.19. The molecule has 1 fully saturated rings. The van der Waals surface area contributed by atoms with Gasteiger partial charge in [0, 0.05) is 30.0 Å². The van der Waals surface area contributed by atoms with Gasteiger partial charge in [0.2, 0.25) is 0 Å². The van der Waals surface area contributed by atoms with E-state index in [2.05, 4.69) is 35.8 Å². The SMILES string of the molecule is CSc1ccc(CNCC2(CO)CC2)cc1. The molecule has 2 rings (SSSR count). The van der Waals surface area contributed by atoms with Gasteiger partial charge in [-0.1, -0.05) is 12.1 Å². The van der Waals surface area contributed by atoms with Crippen molar-refractivity contribution in [3.8, 4) is 0 Å². The molecule has 0 bridgehead atoms. The first-order valence-corrected chi connectivity index (χ1v) is 6.95. The zero-order chi connectivity index (χ0) is 11.4. The summed E-state index contributed by atoms with van der Waals surface area (Å²) < 4.78 is 0. The van der Waals surface area contributed by atoms with Gasteiger partial charge in [-0.25, -0.2) is 0 Å². The van der Waals surface area contributed by atoms with E-state index in [0.717, 1.165) is 13.1 Å². The van der Waals surface area contributed by atoms with E-state index in [1.165, 1.54) is 23.3 Å². The van der Waals surface area contributed by atoms with Gasteiger partial charge in [-0.3, -0.25) is 0 Å². The fourth-order valence-electron chi connectivity index (χ4n) is 1.78. The Labute approximate surface area is 101 Å². The number of hydrogen-bond acceptors (Lipinski definition) is 3. The van der Waals surface area contributed by atoms with Gasteiger partial charge in [0.05, 0.1) is 0 Å². The summed E-state index contributed by atoms with van der Waals surface area (Å²) >= 11 is 1.77. The molecule has 0 aliphatic heterocycles. The van der Waals surface area contributed by atoms with Gasteiger partial charge in [0.15, 0.2) is 0 Å². The molecule has 1 aromatic rings. The summed E-state index contributed by atoms with van der Waals surface area (Å²) in [6, 6.07) is 8.63. The summed E-state index contributed by atoms with van der Waals surface area (Å²) in [6.07, 6.45) is 4.43. The maximum absolute atomic E-state index is 9.18. The smallest absolute Gasteiger partial charge is 0.0499 e. The van der Waals surface area contributed by atoms with Crippen molar-refractivity contribution in [3.05, 3.63) is 29.8 Å². The van der Waals surface area contributed by atoms with Crippen molar-refractivity contribution in [2.24, 2.45) is 5.41 Å². The lowest BCUT2D eigenvalue weighted by Gasteiger charge is -2.12. The second kappa shape index (κ2) is 5.21. The van der Waals surface area contributed by atoms with Gasteiger partial charge in [-0.15, -0.1) is 11.8 Å². The molecule has 16 heavy (non-hydrogen) atoms. The molecule has 3 heteroatoms. The van der Waals surface area contributed by atoms with Crippen LogP contribution in [0, 0.1) is 5.41 Å². The lowest BCUT2D eigenvalue weighted by Crippen LogP contribution is -2.26. The molecule has 1 aromatic carbocycles. The average molecular weight is 237 g/mol. The molecule has 2 nitrogen and oxygen atoms in total. The number of aliphatic hydroxyl groups is 1. The Bertz CT molecular complexity index is 332. The second-order valence-electron chi connectivity index (χ2n) is 4.61. The van der Waals surface area contributed by atoms with Gasteiger partial charge < -0.3 is 10.4 Å². The minimum atomic E-state index is 0.208. The summed E-state index contributed by atoms with van der Waals surface area (Å²) in [4.78, 5) is 1.30. The van der Waals surface area contributed by atoms with E-state index in [0.29, 0.717) is 6.61 Å². The summed E-state index contributed by atoms with van der Waals surface area (Å²) in [5.74, 6) is 0. The largest absolute Gasteiger partial charge is 0.396 e. The number of rotatable bonds is 6. The Kier molecular flexibility index (Phi) is 3.90. The zero-order valence-electron chi connectivity index (χ0n) is 9.70. The Balaban J connectivity index is 1.76. The van der Waals surface area contributed by atoms with E-state index in [1.807, 2.05) is 0 Å². The monoisotopic (exact) mass is 237 g/mol. The standard InChI is InChI=1S/C13H19NOS/c1-16-12-4-2-11(3-5-12)8-14-9-13(10-15)6-7-13/h2-5,14-15H,6-10H2,1H3. The average Bonchev–Trinajstić information content (AvgIpc) is 3.11. The third-order valence-corrected chi connectivity index (χ3v) is 4.02. The molecular formula is C13H19NOS. The highest BCUT2D eigenvalue weighted by Gasteiger charge is 2.41. The van der Waals surface area contributed by atoms with Crippen LogP contribution >= 0.6 is 11.8 Å². The van der Waals surface area contributed by atoms with E-state index < -0.39 is 0 Å². The fraction of sp³-hybridized carbons (Fsp3) is 0.538. The molecule has 0 heterocycles. The summed E-state index contributed by atoms with van der Waals surface area (Å²) in [5.41, 5.74) is 1.52. The minimum Gasteiger partial charge on any atom is -0.396 e. The van der Waals surface area contributed by atoms with E-state index in [9.17, 15) is 5.11 Å². The first-order valence-electron chi connectivity index (χ1n) is 5.72. The molecule has 1 saturated carbocycles. The highest BCUT2D eigenvalue weighted by molar-refractivity contribution is 7.98. The zero-order valence-corrected chi connectivity index (χ0v) is 10.5. The quantitative estimate of drug-likeness (QED) is 0.744. The normalized spacial score (nSPS) is 17.4. The van der Waals surface area contributed by atoms with Crippen molar-refractivity contribution in [2.45, 2.75) is 24.3 Å². The van der Waals surface area contributed by atoms with Crippen LogP contribution in [0.25, 0.3) is 0 Å². The molecule has 0 unspecified atom stereocenters. The molecule has 0 radical (unpaired) electrons. The molecule has 0 amide bonds. The summed E-state index contributed by atoms with van der Waals surface area (Å²) in [5, 5.41) is 12.6. The van der Waals surface area contributed by atoms with Crippen LogP contribution in [-0.2, 0) is 6.54 Å². The molecular weight excluding hydrogens is 218 g/mol. The topological polar surface area (TPSA) is 32.3 Å². The number of aliphatic hydroxyl groups excluding tert-OH is 1. The predicted molar refractivity (Wildman–Crippen MR) is 68.7 cm³/mol. The van der Waals surface area contributed by atoms with Crippen molar-refractivity contribution in [1.82, 2.24) is 5.32 Å². The highest BCUT2D eigenvalue weighted by Crippen LogP contribution is 2.44. The van der Waals surface area contributed by atoms with Crippen LogP contribution in [0.3, 0.4) is 0 Å². The van der Waals surface area contributed by atoms with Crippen LogP contribution in [0.5, 0.6) is 0 Å². The van der Waals surface area contributed by atoms with Gasteiger partial charge in [-0.2, -0.15) is 0 Å². The van der Waals surface area contributed by atoms with Crippen molar-refractivity contribution < 1.29 is 5.11 Å². The molecule has 0 aromatic heterocycles. The van der Waals surface area contributed by atoms with E-state index in [-0.39, 0.29) is 5.41 Å². The van der Waals surface area contributed by atoms with Crippen molar-refractivity contribution in [2.75, 3.05) is 19.4 Å². The Hall–Kier alpha value is -0.510. The van der Waals surface area contributed by atoms with Crippen LogP contribution in [-0.4, -0.2) is 24.5 Å². The number of benzene rings is 1. The van der Waals surface area contributed by atoms with Gasteiger partial charge >= 0.3 is 0 Å². The highest BCUT2D eigenvalue weighted by atomic mass is 32.2. The molecule has 0 saturated heterocycles. The Morgan fingerprint density at radius 3 is 2.50 bits per heavy atom. The van der Waals surface area contributed by atoms with E-state index in [4.69, 9.17) is 0 Å². The lowest BCUT2D eigenvalue weighted by molar-refractivity contribution is 0.207. The van der Waals surface area contributed by atoms with Crippen molar-refractivity contribution >= 4 is 11.8 Å². The Morgan fingerprint density at radius 2 is 2.00 bits per heavy atom. The Morgan fingerprint density at radius 1 is 1.31 bits per heavy atom. The molecule has 2 N–H and O–H groups in total. The van der Waals surface area contributed by atoms with Crippen LogP contribution < -0.4 is 5.32 Å². The van der Waals surface area contributed by atoms with Gasteiger partial charge in [-0.05, 0) is 36.8 Å². The van der Waals surface area contributed by atoms with E-state index in [1.54, 1.807) is 11.8 Å². The number of hydrogen-bond donors (Lipinski definition) is 2. The minimum absolute atomic E-state index is 0.208. The number of thioether (sulfide) groups is 1. The van der Waals surface area contributed by atoms with E-state index >= 15 is 0 Å². The first-order chi connectivity index (χ1) is 7.78. The third kappa shape index (κ3) is 3.00. The second-order valence-corrected chi connectivity index (χ2v) is 5.49. The maximum Gasteiger partial charge on any atom is 0.0499 e. The number of nitrogens with one attached hydrogen (secondary N) is 1. The van der Waals surface area contributed by atoms with Gasteiger partial charge in [0.1, 0.15) is 0 Å². The summed E-state index contributed by atoms with van der Waals surface area (Å²) in [6.45, 7) is 2.16. The van der Waals surface area contributed by atoms with Crippen LogP contribution in [0.1, 0.15) is 18.4 Å². The molecule has 0 atom stereocenters.